The van der Waals surface area contributed by atoms with Crippen molar-refractivity contribution in [2.24, 2.45) is 0 Å². The molecule has 0 unspecified atom stereocenters. The van der Waals surface area contributed by atoms with Gasteiger partial charge in [0, 0.05) is 17.5 Å². The van der Waals surface area contributed by atoms with Gasteiger partial charge >= 0.3 is 0 Å². The first-order chi connectivity index (χ1) is 9.81. The third kappa shape index (κ3) is 3.61. The number of nitrogens with one attached hydrogen (secondary N) is 2. The third-order valence-electron chi connectivity index (χ3n) is 4.77. The van der Waals surface area contributed by atoms with Crippen molar-refractivity contribution in [3.63, 3.8) is 0 Å². The van der Waals surface area contributed by atoms with Gasteiger partial charge in [0.1, 0.15) is 0 Å². The Balaban J connectivity index is 0.00000161. The van der Waals surface area contributed by atoms with Crippen LogP contribution in [0.3, 0.4) is 0 Å². The number of thiophene rings is 1. The molecule has 3 nitrogen and oxygen atoms in total. The van der Waals surface area contributed by atoms with E-state index in [9.17, 15) is 4.79 Å². The van der Waals surface area contributed by atoms with E-state index in [1.54, 1.807) is 11.3 Å². The molecule has 0 spiro atoms. The molecule has 2 aliphatic rings. The van der Waals surface area contributed by atoms with Crippen LogP contribution < -0.4 is 10.6 Å². The number of carbonyl (C=O) groups is 1. The summed E-state index contributed by atoms with van der Waals surface area (Å²) in [7, 11) is 0. The van der Waals surface area contributed by atoms with E-state index >= 15 is 0 Å². The molecule has 0 radical (unpaired) electrons. The van der Waals surface area contributed by atoms with Gasteiger partial charge in [-0.3, -0.25) is 4.79 Å². The van der Waals surface area contributed by atoms with E-state index in [1.165, 1.54) is 24.1 Å². The zero-order valence-corrected chi connectivity index (χ0v) is 14.0. The smallest absolute Gasteiger partial charge is 0.231 e. The molecule has 1 aliphatic carbocycles. The fourth-order valence-corrected chi connectivity index (χ4v) is 4.57. The van der Waals surface area contributed by atoms with Crippen LogP contribution in [0, 0.1) is 0 Å². The molecule has 2 fully saturated rings. The second-order valence-corrected chi connectivity index (χ2v) is 7.08. The molecule has 1 atom stereocenters. The van der Waals surface area contributed by atoms with Crippen molar-refractivity contribution in [3.8, 4) is 0 Å². The summed E-state index contributed by atoms with van der Waals surface area (Å²) >= 11 is 1.74. The van der Waals surface area contributed by atoms with Crippen molar-refractivity contribution in [2.45, 2.75) is 56.4 Å². The molecule has 1 saturated carbocycles. The molecule has 2 N–H and O–H groups in total. The van der Waals surface area contributed by atoms with Crippen LogP contribution in [-0.2, 0) is 10.2 Å². The summed E-state index contributed by atoms with van der Waals surface area (Å²) < 4.78 is 0. The van der Waals surface area contributed by atoms with Gasteiger partial charge in [0.2, 0.25) is 5.91 Å². The molecule has 1 amide bonds. The van der Waals surface area contributed by atoms with E-state index in [-0.39, 0.29) is 23.7 Å². The van der Waals surface area contributed by atoms with Gasteiger partial charge in [-0.25, -0.2) is 0 Å². The summed E-state index contributed by atoms with van der Waals surface area (Å²) in [5.74, 6) is 0.272. The minimum atomic E-state index is -0.246. The molecule has 1 saturated heterocycles. The predicted octanol–water partition coefficient (Wildman–Crippen LogP) is 3.24. The van der Waals surface area contributed by atoms with Crippen LogP contribution in [0.15, 0.2) is 17.5 Å². The molecule has 21 heavy (non-hydrogen) atoms. The highest BCUT2D eigenvalue weighted by Gasteiger charge is 2.42. The first kappa shape index (κ1) is 16.8. The summed E-state index contributed by atoms with van der Waals surface area (Å²) in [6.07, 6.45) is 7.92. The van der Waals surface area contributed by atoms with Gasteiger partial charge in [0.05, 0.1) is 5.41 Å². The molecule has 1 aliphatic heterocycles. The van der Waals surface area contributed by atoms with Crippen LogP contribution in [0.2, 0.25) is 0 Å². The van der Waals surface area contributed by atoms with E-state index in [1.807, 2.05) is 0 Å². The van der Waals surface area contributed by atoms with Gasteiger partial charge < -0.3 is 10.6 Å². The van der Waals surface area contributed by atoms with Crippen LogP contribution in [0.4, 0.5) is 0 Å². The molecule has 3 rings (SSSR count). The summed E-state index contributed by atoms with van der Waals surface area (Å²) in [4.78, 5) is 14.2. The topological polar surface area (TPSA) is 41.1 Å². The minimum absolute atomic E-state index is 0. The van der Waals surface area contributed by atoms with Crippen molar-refractivity contribution < 1.29 is 4.79 Å². The molecule has 118 valence electrons. The Morgan fingerprint density at radius 1 is 1.29 bits per heavy atom. The van der Waals surface area contributed by atoms with Crippen LogP contribution in [0.5, 0.6) is 0 Å². The first-order valence-corrected chi connectivity index (χ1v) is 8.75. The van der Waals surface area contributed by atoms with Gasteiger partial charge in [-0.15, -0.1) is 23.7 Å². The van der Waals surface area contributed by atoms with Crippen LogP contribution in [0.25, 0.3) is 0 Å². The summed E-state index contributed by atoms with van der Waals surface area (Å²) in [6, 6.07) is 4.54. The second kappa shape index (κ2) is 7.61. The Hall–Kier alpha value is -0.580. The fraction of sp³-hybridized carbons (Fsp3) is 0.688. The largest absolute Gasteiger partial charge is 0.351 e. The molecule has 0 aromatic carbocycles. The predicted molar refractivity (Wildman–Crippen MR) is 90.4 cm³/mol. The zero-order chi connectivity index (χ0) is 13.8. The monoisotopic (exact) mass is 328 g/mol. The minimum Gasteiger partial charge on any atom is -0.351 e. The number of piperidine rings is 1. The standard InChI is InChI=1S/C16H24N2OS.ClH/c19-15(18-13-6-4-10-17-12-13)16(8-2-1-3-9-16)14-7-5-11-20-14;/h5,7,11,13,17H,1-4,6,8-10,12H2,(H,18,19);1H/t13-;/m0./s1. The van der Waals surface area contributed by atoms with Gasteiger partial charge in [-0.1, -0.05) is 25.3 Å². The van der Waals surface area contributed by atoms with Crippen LogP contribution in [0.1, 0.15) is 49.8 Å². The lowest BCUT2D eigenvalue weighted by Gasteiger charge is -2.37. The highest BCUT2D eigenvalue weighted by Crippen LogP contribution is 2.41. The summed E-state index contributed by atoms with van der Waals surface area (Å²) in [5, 5.41) is 8.80. The van der Waals surface area contributed by atoms with E-state index in [2.05, 4.69) is 28.1 Å². The van der Waals surface area contributed by atoms with Crippen molar-refractivity contribution >= 4 is 29.7 Å². The third-order valence-corrected chi connectivity index (χ3v) is 5.84. The van der Waals surface area contributed by atoms with E-state index in [0.717, 1.165) is 38.8 Å². The average molecular weight is 329 g/mol. The summed E-state index contributed by atoms with van der Waals surface area (Å²) in [6.45, 7) is 2.01. The van der Waals surface area contributed by atoms with E-state index in [0.29, 0.717) is 6.04 Å². The van der Waals surface area contributed by atoms with E-state index in [4.69, 9.17) is 0 Å². The normalized spacial score (nSPS) is 24.9. The Morgan fingerprint density at radius 2 is 2.10 bits per heavy atom. The number of hydrogen-bond acceptors (Lipinski definition) is 3. The van der Waals surface area contributed by atoms with Crippen LogP contribution >= 0.6 is 23.7 Å². The summed E-state index contributed by atoms with van der Waals surface area (Å²) in [5.41, 5.74) is -0.246. The van der Waals surface area contributed by atoms with Gasteiger partial charge in [-0.2, -0.15) is 0 Å². The Kier molecular flexibility index (Phi) is 6.08. The number of halogens is 1. The maximum Gasteiger partial charge on any atom is 0.231 e. The van der Waals surface area contributed by atoms with Crippen molar-refractivity contribution in [2.75, 3.05) is 13.1 Å². The first-order valence-electron chi connectivity index (χ1n) is 7.87. The molecule has 2 heterocycles. The highest BCUT2D eigenvalue weighted by atomic mass is 35.5. The second-order valence-electron chi connectivity index (χ2n) is 6.14. The lowest BCUT2D eigenvalue weighted by molar-refractivity contribution is -0.128. The molecule has 5 heteroatoms. The number of hydrogen-bond donors (Lipinski definition) is 2. The molecule has 1 aromatic rings. The highest BCUT2D eigenvalue weighted by molar-refractivity contribution is 7.10. The van der Waals surface area contributed by atoms with Crippen molar-refractivity contribution in [1.82, 2.24) is 10.6 Å². The fourth-order valence-electron chi connectivity index (χ4n) is 3.59. The number of rotatable bonds is 3. The molecular weight excluding hydrogens is 304 g/mol. The van der Waals surface area contributed by atoms with Gasteiger partial charge in [0.15, 0.2) is 0 Å². The Morgan fingerprint density at radius 3 is 2.71 bits per heavy atom. The Bertz CT molecular complexity index is 437. The maximum absolute atomic E-state index is 13.0. The SMILES string of the molecule is Cl.O=C(N[C@H]1CCCNC1)C1(c2cccs2)CCCCC1. The average Bonchev–Trinajstić information content (AvgIpc) is 3.04. The van der Waals surface area contributed by atoms with Gasteiger partial charge in [0.25, 0.3) is 0 Å². The molecule has 1 aromatic heterocycles. The molecule has 0 bridgehead atoms. The van der Waals surface area contributed by atoms with Gasteiger partial charge in [-0.05, 0) is 43.7 Å². The Labute approximate surface area is 137 Å². The lowest BCUT2D eigenvalue weighted by Crippen LogP contribution is -2.52. The number of carbonyl (C=O) groups excluding carboxylic acids is 1. The zero-order valence-electron chi connectivity index (χ0n) is 12.4. The molecular formula is C16H25ClN2OS. The quantitative estimate of drug-likeness (QED) is 0.894. The van der Waals surface area contributed by atoms with Crippen LogP contribution in [-0.4, -0.2) is 25.0 Å². The maximum atomic E-state index is 13.0. The lowest BCUT2D eigenvalue weighted by atomic mass is 9.72. The van der Waals surface area contributed by atoms with E-state index < -0.39 is 0 Å². The number of amides is 1. The van der Waals surface area contributed by atoms with Crippen molar-refractivity contribution in [3.05, 3.63) is 22.4 Å². The van der Waals surface area contributed by atoms with Crippen molar-refractivity contribution in [1.29, 1.82) is 0 Å².